The highest BCUT2D eigenvalue weighted by Gasteiger charge is 2.19. The number of benzene rings is 2. The van der Waals surface area contributed by atoms with Crippen molar-refractivity contribution in [1.29, 1.82) is 0 Å². The van der Waals surface area contributed by atoms with Gasteiger partial charge in [-0.2, -0.15) is 0 Å². The maximum atomic E-state index is 13.0. The SMILES string of the molecule is CCN(CC)c1ccc(-c2nnc(SCC(=O)N(CCC(N)=O)c3ccccc3)n2C)cc1. The summed E-state index contributed by atoms with van der Waals surface area (Å²) >= 11 is 1.32. The Morgan fingerprint density at radius 1 is 0.970 bits per heavy atom. The summed E-state index contributed by atoms with van der Waals surface area (Å²) in [4.78, 5) is 28.1. The van der Waals surface area contributed by atoms with Crippen LogP contribution in [0, 0.1) is 0 Å². The van der Waals surface area contributed by atoms with E-state index in [0.29, 0.717) is 5.16 Å². The number of rotatable bonds is 11. The summed E-state index contributed by atoms with van der Waals surface area (Å²) in [5.41, 5.74) is 8.16. The van der Waals surface area contributed by atoms with Crippen molar-refractivity contribution >= 4 is 35.0 Å². The molecule has 8 nitrogen and oxygen atoms in total. The Morgan fingerprint density at radius 2 is 1.64 bits per heavy atom. The Bertz CT molecular complexity index is 1060. The van der Waals surface area contributed by atoms with Crippen molar-refractivity contribution in [2.24, 2.45) is 12.8 Å². The van der Waals surface area contributed by atoms with Gasteiger partial charge in [0.15, 0.2) is 11.0 Å². The molecule has 33 heavy (non-hydrogen) atoms. The third-order valence-corrected chi connectivity index (χ3v) is 6.37. The van der Waals surface area contributed by atoms with Crippen LogP contribution in [0.25, 0.3) is 11.4 Å². The summed E-state index contributed by atoms with van der Waals surface area (Å²) in [6.45, 7) is 6.42. The van der Waals surface area contributed by atoms with E-state index < -0.39 is 5.91 Å². The highest BCUT2D eigenvalue weighted by molar-refractivity contribution is 7.99. The van der Waals surface area contributed by atoms with Crippen LogP contribution >= 0.6 is 11.8 Å². The third kappa shape index (κ3) is 6.13. The molecule has 2 N–H and O–H groups in total. The molecule has 2 amide bonds. The molecule has 0 saturated carbocycles. The minimum atomic E-state index is -0.443. The van der Waals surface area contributed by atoms with E-state index in [9.17, 15) is 9.59 Å². The molecule has 0 aliphatic rings. The van der Waals surface area contributed by atoms with Crippen LogP contribution in [0.4, 0.5) is 11.4 Å². The number of hydrogen-bond acceptors (Lipinski definition) is 6. The van der Waals surface area contributed by atoms with Gasteiger partial charge in [0, 0.05) is 50.0 Å². The molecule has 0 unspecified atom stereocenters. The number of para-hydroxylation sites is 1. The van der Waals surface area contributed by atoms with Crippen LogP contribution < -0.4 is 15.5 Å². The van der Waals surface area contributed by atoms with Gasteiger partial charge in [0.1, 0.15) is 0 Å². The fraction of sp³-hybridized carbons (Fsp3) is 0.333. The summed E-state index contributed by atoms with van der Waals surface area (Å²) in [6, 6.07) is 17.5. The van der Waals surface area contributed by atoms with Crippen molar-refractivity contribution in [3.8, 4) is 11.4 Å². The zero-order valence-electron chi connectivity index (χ0n) is 19.3. The van der Waals surface area contributed by atoms with Gasteiger partial charge in [-0.25, -0.2) is 0 Å². The standard InChI is InChI=1S/C24H30N6O2S/c1-4-29(5-2)19-13-11-18(12-14-19)23-26-27-24(28(23)3)33-17-22(32)30(16-15-21(25)31)20-9-7-6-8-10-20/h6-14H,4-5,15-17H2,1-3H3,(H2,25,31). The van der Waals surface area contributed by atoms with Crippen LogP contribution in [0.3, 0.4) is 0 Å². The molecule has 9 heteroatoms. The molecule has 0 aliphatic carbocycles. The summed E-state index contributed by atoms with van der Waals surface area (Å²) < 4.78 is 1.89. The molecule has 0 saturated heterocycles. The lowest BCUT2D eigenvalue weighted by Gasteiger charge is -2.22. The van der Waals surface area contributed by atoms with Gasteiger partial charge < -0.3 is 20.1 Å². The third-order valence-electron chi connectivity index (χ3n) is 5.36. The van der Waals surface area contributed by atoms with Gasteiger partial charge in [0.2, 0.25) is 11.8 Å². The van der Waals surface area contributed by atoms with Crippen LogP contribution in [0.1, 0.15) is 20.3 Å². The Kier molecular flexibility index (Phi) is 8.48. The van der Waals surface area contributed by atoms with Gasteiger partial charge in [-0.3, -0.25) is 9.59 Å². The van der Waals surface area contributed by atoms with E-state index in [0.717, 1.165) is 30.2 Å². The zero-order valence-corrected chi connectivity index (χ0v) is 20.1. The summed E-state index contributed by atoms with van der Waals surface area (Å²) in [6.07, 6.45) is 0.100. The topological polar surface area (TPSA) is 97.4 Å². The van der Waals surface area contributed by atoms with Gasteiger partial charge >= 0.3 is 0 Å². The van der Waals surface area contributed by atoms with Crippen LogP contribution in [-0.4, -0.2) is 52.0 Å². The molecular formula is C24H30N6O2S. The maximum Gasteiger partial charge on any atom is 0.237 e. The van der Waals surface area contributed by atoms with E-state index in [4.69, 9.17) is 5.73 Å². The van der Waals surface area contributed by atoms with E-state index in [-0.39, 0.29) is 24.6 Å². The summed E-state index contributed by atoms with van der Waals surface area (Å²) in [5.74, 6) is 0.340. The first-order chi connectivity index (χ1) is 15.9. The first kappa shape index (κ1) is 24.3. The molecular weight excluding hydrogens is 436 g/mol. The smallest absolute Gasteiger partial charge is 0.237 e. The largest absolute Gasteiger partial charge is 0.372 e. The highest BCUT2D eigenvalue weighted by atomic mass is 32.2. The second-order valence-electron chi connectivity index (χ2n) is 7.47. The number of primary amides is 1. The lowest BCUT2D eigenvalue weighted by Crippen LogP contribution is -2.35. The molecule has 3 rings (SSSR count). The zero-order chi connectivity index (χ0) is 23.8. The number of nitrogens with zero attached hydrogens (tertiary/aromatic N) is 5. The normalized spacial score (nSPS) is 10.8. The van der Waals surface area contributed by atoms with Crippen molar-refractivity contribution in [2.75, 3.05) is 35.2 Å². The Hall–Kier alpha value is -3.33. The summed E-state index contributed by atoms with van der Waals surface area (Å²) in [5, 5.41) is 9.26. The van der Waals surface area contributed by atoms with Crippen molar-refractivity contribution in [1.82, 2.24) is 14.8 Å². The summed E-state index contributed by atoms with van der Waals surface area (Å²) in [7, 11) is 1.89. The number of hydrogen-bond donors (Lipinski definition) is 1. The lowest BCUT2D eigenvalue weighted by atomic mass is 10.2. The molecule has 0 spiro atoms. The fourth-order valence-corrected chi connectivity index (χ4v) is 4.32. The van der Waals surface area contributed by atoms with Gasteiger partial charge in [-0.15, -0.1) is 10.2 Å². The van der Waals surface area contributed by atoms with Gasteiger partial charge in [-0.05, 0) is 50.2 Å². The van der Waals surface area contributed by atoms with Crippen LogP contribution in [0.2, 0.25) is 0 Å². The van der Waals surface area contributed by atoms with E-state index in [1.165, 1.54) is 17.4 Å². The second kappa shape index (κ2) is 11.5. The molecule has 0 atom stereocenters. The van der Waals surface area contributed by atoms with Crippen molar-refractivity contribution in [2.45, 2.75) is 25.4 Å². The number of amides is 2. The van der Waals surface area contributed by atoms with Gasteiger partial charge in [0.05, 0.1) is 5.75 Å². The van der Waals surface area contributed by atoms with Crippen molar-refractivity contribution < 1.29 is 9.59 Å². The van der Waals surface area contributed by atoms with Crippen LogP contribution in [-0.2, 0) is 16.6 Å². The lowest BCUT2D eigenvalue weighted by molar-refractivity contribution is -0.118. The van der Waals surface area contributed by atoms with E-state index >= 15 is 0 Å². The Labute approximate surface area is 198 Å². The fourth-order valence-electron chi connectivity index (χ4n) is 3.53. The minimum absolute atomic E-state index is 0.100. The quantitative estimate of drug-likeness (QED) is 0.436. The molecule has 174 valence electrons. The molecule has 0 fully saturated rings. The Balaban J connectivity index is 1.70. The molecule has 0 aliphatic heterocycles. The van der Waals surface area contributed by atoms with Gasteiger partial charge in [0.25, 0.3) is 0 Å². The van der Waals surface area contributed by atoms with Crippen molar-refractivity contribution in [3.05, 3.63) is 54.6 Å². The second-order valence-corrected chi connectivity index (χ2v) is 8.41. The molecule has 0 bridgehead atoms. The molecule has 1 heterocycles. The number of carbonyl (C=O) groups is 2. The highest BCUT2D eigenvalue weighted by Crippen LogP contribution is 2.26. The minimum Gasteiger partial charge on any atom is -0.372 e. The monoisotopic (exact) mass is 466 g/mol. The number of anilines is 2. The number of carbonyl (C=O) groups excluding carboxylic acids is 2. The van der Waals surface area contributed by atoms with E-state index in [1.54, 1.807) is 4.90 Å². The first-order valence-electron chi connectivity index (χ1n) is 11.0. The predicted octanol–water partition coefficient (Wildman–Crippen LogP) is 3.33. The number of aromatic nitrogens is 3. The van der Waals surface area contributed by atoms with Crippen LogP contribution in [0.15, 0.2) is 59.8 Å². The van der Waals surface area contributed by atoms with Crippen molar-refractivity contribution in [3.63, 3.8) is 0 Å². The molecule has 1 aromatic heterocycles. The van der Waals surface area contributed by atoms with E-state index in [2.05, 4.69) is 41.1 Å². The Morgan fingerprint density at radius 3 is 2.24 bits per heavy atom. The maximum absolute atomic E-state index is 13.0. The molecule has 2 aromatic carbocycles. The average molecular weight is 467 g/mol. The predicted molar refractivity (Wildman–Crippen MR) is 133 cm³/mol. The van der Waals surface area contributed by atoms with E-state index in [1.807, 2.05) is 54.1 Å². The van der Waals surface area contributed by atoms with Gasteiger partial charge in [-0.1, -0.05) is 30.0 Å². The first-order valence-corrected chi connectivity index (χ1v) is 11.9. The molecule has 3 aromatic rings. The number of thioether (sulfide) groups is 1. The molecule has 0 radical (unpaired) electrons. The van der Waals surface area contributed by atoms with Crippen LogP contribution in [0.5, 0.6) is 0 Å². The average Bonchev–Trinajstić information content (AvgIpc) is 3.19. The number of nitrogens with two attached hydrogens (primary N) is 1.